The summed E-state index contributed by atoms with van der Waals surface area (Å²) in [4.78, 5) is 11.5. The molecule has 80 valence electrons. The number of H-pyrrole nitrogens is 1. The Bertz CT molecular complexity index is 546. The second-order valence-electron chi connectivity index (χ2n) is 3.22. The van der Waals surface area contributed by atoms with E-state index in [9.17, 15) is 0 Å². The Morgan fingerprint density at radius 2 is 2.31 bits per heavy atom. The van der Waals surface area contributed by atoms with Crippen molar-refractivity contribution in [3.05, 3.63) is 30.2 Å². The maximum Gasteiger partial charge on any atom is 0.167 e. The van der Waals surface area contributed by atoms with Crippen LogP contribution in [0.25, 0.3) is 11.4 Å². The molecular formula is C9H8N6S. The van der Waals surface area contributed by atoms with Crippen LogP contribution in [0.2, 0.25) is 0 Å². The monoisotopic (exact) mass is 232 g/mol. The lowest BCUT2D eigenvalue weighted by atomic mass is 10.3. The molecule has 0 amide bonds. The third-order valence-electron chi connectivity index (χ3n) is 2.18. The van der Waals surface area contributed by atoms with E-state index in [2.05, 4.69) is 24.1 Å². The Balaban J connectivity index is 2.09. The Kier molecular flexibility index (Phi) is 2.03. The normalized spacial score (nSPS) is 13.9. The van der Waals surface area contributed by atoms with E-state index in [1.807, 2.05) is 12.1 Å². The van der Waals surface area contributed by atoms with Gasteiger partial charge < -0.3 is 10.7 Å². The molecule has 2 aromatic heterocycles. The van der Waals surface area contributed by atoms with Crippen molar-refractivity contribution in [2.75, 3.05) is 4.72 Å². The molecule has 0 saturated heterocycles. The summed E-state index contributed by atoms with van der Waals surface area (Å²) in [5.74, 6) is 1.88. The number of aromatic amines is 1. The first kappa shape index (κ1) is 9.22. The first-order valence-electron chi connectivity index (χ1n) is 4.61. The van der Waals surface area contributed by atoms with Gasteiger partial charge in [-0.25, -0.2) is 4.98 Å². The van der Waals surface area contributed by atoms with Gasteiger partial charge >= 0.3 is 0 Å². The smallest absolute Gasteiger partial charge is 0.167 e. The summed E-state index contributed by atoms with van der Waals surface area (Å²) >= 11 is 1.17. The fraction of sp³-hybridized carbons (Fsp3) is 0. The summed E-state index contributed by atoms with van der Waals surface area (Å²) < 4.78 is 6.96. The van der Waals surface area contributed by atoms with Crippen LogP contribution in [-0.4, -0.2) is 20.8 Å². The van der Waals surface area contributed by atoms with Crippen molar-refractivity contribution < 1.29 is 0 Å². The van der Waals surface area contributed by atoms with Crippen LogP contribution in [-0.2, 0) is 0 Å². The topological polar surface area (TPSA) is 92.0 Å². The first-order chi connectivity index (χ1) is 7.84. The van der Waals surface area contributed by atoms with Crippen LogP contribution in [0.5, 0.6) is 0 Å². The zero-order chi connectivity index (χ0) is 11.0. The van der Waals surface area contributed by atoms with Crippen molar-refractivity contribution in [1.82, 2.24) is 15.0 Å². The summed E-state index contributed by atoms with van der Waals surface area (Å²) in [6.45, 7) is 0. The number of fused-ring (bicyclic) bond motifs is 1. The van der Waals surface area contributed by atoms with Gasteiger partial charge in [0.05, 0.1) is 12.1 Å². The second kappa shape index (κ2) is 3.53. The highest BCUT2D eigenvalue weighted by Gasteiger charge is 2.17. The molecule has 3 rings (SSSR count). The van der Waals surface area contributed by atoms with Crippen LogP contribution in [0.3, 0.4) is 0 Å². The molecule has 1 aliphatic heterocycles. The third-order valence-corrected chi connectivity index (χ3v) is 2.75. The Hall–Kier alpha value is -2.02. The van der Waals surface area contributed by atoms with Gasteiger partial charge in [-0.3, -0.25) is 9.71 Å². The van der Waals surface area contributed by atoms with Gasteiger partial charge in [-0.15, -0.1) is 0 Å². The third kappa shape index (κ3) is 1.41. The molecule has 0 saturated carbocycles. The molecule has 1 aliphatic rings. The molecule has 0 unspecified atom stereocenters. The number of imidazole rings is 1. The molecule has 0 radical (unpaired) electrons. The van der Waals surface area contributed by atoms with Gasteiger partial charge in [-0.1, -0.05) is 0 Å². The Labute approximate surface area is 95.7 Å². The van der Waals surface area contributed by atoms with Gasteiger partial charge in [0.25, 0.3) is 0 Å². The molecule has 0 fully saturated rings. The summed E-state index contributed by atoms with van der Waals surface area (Å²) in [5, 5.41) is 0. The van der Waals surface area contributed by atoms with Crippen molar-refractivity contribution in [3.63, 3.8) is 0 Å². The first-order valence-corrected chi connectivity index (χ1v) is 5.38. The second-order valence-corrected chi connectivity index (χ2v) is 3.79. The van der Waals surface area contributed by atoms with Crippen LogP contribution in [0, 0.1) is 0 Å². The van der Waals surface area contributed by atoms with E-state index in [-0.39, 0.29) is 0 Å². The standard InChI is InChI=1S/C9H8N6S/c10-7-6-9(15-16-14-7)13-8(12-6)5-2-1-3-11-4-5/h1-4,15H,(H2,10,14)(H,12,13). The maximum absolute atomic E-state index is 5.74. The molecule has 0 atom stereocenters. The number of pyridine rings is 1. The van der Waals surface area contributed by atoms with Crippen molar-refractivity contribution in [2.45, 2.75) is 0 Å². The van der Waals surface area contributed by atoms with Gasteiger partial charge in [0.15, 0.2) is 11.7 Å². The molecular weight excluding hydrogens is 224 g/mol. The minimum absolute atomic E-state index is 0.446. The van der Waals surface area contributed by atoms with Gasteiger partial charge in [-0.2, -0.15) is 4.40 Å². The van der Waals surface area contributed by atoms with Crippen LogP contribution >= 0.6 is 12.1 Å². The number of nitrogens with zero attached hydrogens (tertiary/aromatic N) is 3. The molecule has 4 N–H and O–H groups in total. The lowest BCUT2D eigenvalue weighted by Crippen LogP contribution is -2.17. The lowest BCUT2D eigenvalue weighted by Gasteiger charge is -2.06. The number of anilines is 1. The summed E-state index contributed by atoms with van der Waals surface area (Å²) in [5.41, 5.74) is 7.37. The minimum atomic E-state index is 0.446. The van der Waals surface area contributed by atoms with Crippen LogP contribution in [0.1, 0.15) is 5.69 Å². The van der Waals surface area contributed by atoms with Gasteiger partial charge in [0.2, 0.25) is 0 Å². The van der Waals surface area contributed by atoms with E-state index in [1.54, 1.807) is 12.4 Å². The predicted molar refractivity (Wildman–Crippen MR) is 63.8 cm³/mol. The minimum Gasteiger partial charge on any atom is -0.381 e. The molecule has 16 heavy (non-hydrogen) atoms. The molecule has 0 bridgehead atoms. The Morgan fingerprint density at radius 3 is 3.06 bits per heavy atom. The molecule has 7 heteroatoms. The van der Waals surface area contributed by atoms with E-state index >= 15 is 0 Å². The van der Waals surface area contributed by atoms with Crippen LogP contribution < -0.4 is 10.5 Å². The van der Waals surface area contributed by atoms with E-state index in [4.69, 9.17) is 5.73 Å². The number of hydrogen-bond donors (Lipinski definition) is 3. The molecule has 0 aliphatic carbocycles. The highest BCUT2D eigenvalue weighted by molar-refractivity contribution is 7.99. The predicted octanol–water partition coefficient (Wildman–Crippen LogP) is 1.17. The number of rotatable bonds is 1. The maximum atomic E-state index is 5.74. The van der Waals surface area contributed by atoms with Crippen molar-refractivity contribution in [2.24, 2.45) is 10.1 Å². The van der Waals surface area contributed by atoms with Gasteiger partial charge in [-0.05, 0) is 12.1 Å². The van der Waals surface area contributed by atoms with E-state index in [0.717, 1.165) is 17.1 Å². The van der Waals surface area contributed by atoms with E-state index in [1.165, 1.54) is 12.1 Å². The summed E-state index contributed by atoms with van der Waals surface area (Å²) in [7, 11) is 0. The van der Waals surface area contributed by atoms with Crippen LogP contribution in [0.4, 0.5) is 5.82 Å². The van der Waals surface area contributed by atoms with Crippen LogP contribution in [0.15, 0.2) is 28.9 Å². The largest absolute Gasteiger partial charge is 0.381 e. The lowest BCUT2D eigenvalue weighted by molar-refractivity contribution is 1.26. The average molecular weight is 232 g/mol. The molecule has 6 nitrogen and oxygen atoms in total. The SMILES string of the molecule is NC1=NSNc2nc(-c3cccnc3)[nH]c21. The Morgan fingerprint density at radius 1 is 1.38 bits per heavy atom. The van der Waals surface area contributed by atoms with Gasteiger partial charge in [0, 0.05) is 18.0 Å². The van der Waals surface area contributed by atoms with E-state index < -0.39 is 0 Å². The number of nitrogens with one attached hydrogen (secondary N) is 2. The number of hydrogen-bond acceptors (Lipinski definition) is 6. The van der Waals surface area contributed by atoms with E-state index in [0.29, 0.717) is 11.7 Å². The fourth-order valence-electron chi connectivity index (χ4n) is 1.43. The number of amidine groups is 1. The average Bonchev–Trinajstić information content (AvgIpc) is 2.76. The zero-order valence-electron chi connectivity index (χ0n) is 8.14. The van der Waals surface area contributed by atoms with Crippen molar-refractivity contribution in [1.29, 1.82) is 0 Å². The fourth-order valence-corrected chi connectivity index (χ4v) is 1.90. The summed E-state index contributed by atoms with van der Waals surface area (Å²) in [6, 6.07) is 3.79. The highest BCUT2D eigenvalue weighted by Crippen LogP contribution is 2.26. The number of nitrogens with two attached hydrogens (primary N) is 1. The zero-order valence-corrected chi connectivity index (χ0v) is 8.95. The molecule has 2 aromatic rings. The summed E-state index contributed by atoms with van der Waals surface area (Å²) in [6.07, 6.45) is 3.46. The number of aromatic nitrogens is 3. The quantitative estimate of drug-likeness (QED) is 0.642. The molecule has 0 spiro atoms. The molecule has 0 aromatic carbocycles. The molecule has 3 heterocycles. The van der Waals surface area contributed by atoms with Crippen molar-refractivity contribution >= 4 is 23.8 Å². The van der Waals surface area contributed by atoms with Crippen molar-refractivity contribution in [3.8, 4) is 11.4 Å². The van der Waals surface area contributed by atoms with Gasteiger partial charge in [0.1, 0.15) is 11.5 Å². The highest BCUT2D eigenvalue weighted by atomic mass is 32.2.